The van der Waals surface area contributed by atoms with E-state index in [4.69, 9.17) is 0 Å². The molecule has 0 radical (unpaired) electrons. The molecule has 0 spiro atoms. The molecule has 3 heteroatoms. The Morgan fingerprint density at radius 3 is 2.63 bits per heavy atom. The van der Waals surface area contributed by atoms with Crippen molar-refractivity contribution in [3.05, 3.63) is 60.9 Å². The summed E-state index contributed by atoms with van der Waals surface area (Å²) < 4.78 is 3.75. The molecular weight excluding hydrogens is 299 g/mol. The van der Waals surface area contributed by atoms with Crippen LogP contribution in [0.3, 0.4) is 0 Å². The molecule has 0 aliphatic rings. The summed E-state index contributed by atoms with van der Waals surface area (Å²) in [6.07, 6.45) is 3.18. The summed E-state index contributed by atoms with van der Waals surface area (Å²) in [5.74, 6) is 0. The predicted octanol–water partition coefficient (Wildman–Crippen LogP) is 2.87. The van der Waals surface area contributed by atoms with Gasteiger partial charge in [-0.1, -0.05) is 0 Å². The van der Waals surface area contributed by atoms with E-state index >= 15 is 0 Å². The summed E-state index contributed by atoms with van der Waals surface area (Å²) in [6.45, 7) is 1.06. The molecule has 0 saturated heterocycles. The van der Waals surface area contributed by atoms with Crippen LogP contribution in [0, 0.1) is 0 Å². The van der Waals surface area contributed by atoms with E-state index in [2.05, 4.69) is 58.1 Å². The third kappa shape index (κ3) is 3.06. The normalized spacial score (nSPS) is 10.9. The number of aryl methyl sites for hydroxylation is 1. The van der Waals surface area contributed by atoms with Crippen molar-refractivity contribution < 1.29 is 0 Å². The number of nitrogens with zero attached hydrogens (tertiary/aromatic N) is 2. The van der Waals surface area contributed by atoms with Crippen LogP contribution >= 0.6 is 0 Å². The molecule has 1 heterocycles. The topological polar surface area (TPSA) is 17.8 Å². The summed E-state index contributed by atoms with van der Waals surface area (Å²) in [5, 5.41) is 1.28. The van der Waals surface area contributed by atoms with E-state index < -0.39 is 0 Å². The number of imidazole rings is 1. The van der Waals surface area contributed by atoms with Gasteiger partial charge in [0.25, 0.3) is 0 Å². The van der Waals surface area contributed by atoms with E-state index in [1.165, 1.54) is 21.7 Å². The molecule has 0 amide bonds. The van der Waals surface area contributed by atoms with Gasteiger partial charge in [-0.25, -0.2) is 0 Å². The van der Waals surface area contributed by atoms with Gasteiger partial charge in [-0.3, -0.25) is 0 Å². The zero-order chi connectivity index (χ0) is 12.9. The van der Waals surface area contributed by atoms with Crippen LogP contribution in [-0.2, 0) is 6.54 Å². The maximum atomic E-state index is 4.42. The molecule has 2 aromatic carbocycles. The van der Waals surface area contributed by atoms with Gasteiger partial charge in [0.1, 0.15) is 0 Å². The van der Waals surface area contributed by atoms with Crippen LogP contribution in [0.5, 0.6) is 0 Å². The fourth-order valence-electron chi connectivity index (χ4n) is 2.13. The number of para-hydroxylation sites is 2. The second-order valence-electron chi connectivity index (χ2n) is 4.44. The van der Waals surface area contributed by atoms with Gasteiger partial charge in [0, 0.05) is 0 Å². The third-order valence-electron chi connectivity index (χ3n) is 3.08. The van der Waals surface area contributed by atoms with Crippen molar-refractivity contribution >= 4 is 30.5 Å². The molecule has 0 unspecified atom stereocenters. The van der Waals surface area contributed by atoms with Crippen molar-refractivity contribution in [3.8, 4) is 0 Å². The fraction of sp³-hybridized carbons (Fsp3) is 0.188. The molecule has 0 aliphatic heterocycles. The molecular formula is C16H16N2Se. The second-order valence-corrected chi connectivity index (χ2v) is 6.89. The number of fused-ring (bicyclic) bond motifs is 1. The van der Waals surface area contributed by atoms with Crippen LogP contribution in [0.2, 0.25) is 5.32 Å². The maximum absolute atomic E-state index is 4.42. The van der Waals surface area contributed by atoms with E-state index in [1.54, 1.807) is 0 Å². The molecule has 1 aromatic heterocycles. The molecule has 3 rings (SSSR count). The summed E-state index contributed by atoms with van der Waals surface area (Å²) in [4.78, 5) is 4.42. The molecule has 19 heavy (non-hydrogen) atoms. The van der Waals surface area contributed by atoms with Crippen LogP contribution in [-0.4, -0.2) is 24.5 Å². The van der Waals surface area contributed by atoms with Crippen LogP contribution < -0.4 is 4.46 Å². The first-order chi connectivity index (χ1) is 9.43. The molecule has 96 valence electrons. The van der Waals surface area contributed by atoms with Crippen molar-refractivity contribution in [1.29, 1.82) is 0 Å². The van der Waals surface area contributed by atoms with Crippen LogP contribution in [0.1, 0.15) is 6.42 Å². The zero-order valence-corrected chi connectivity index (χ0v) is 12.4. The Morgan fingerprint density at radius 2 is 1.74 bits per heavy atom. The average molecular weight is 315 g/mol. The first kappa shape index (κ1) is 12.5. The zero-order valence-electron chi connectivity index (χ0n) is 10.7. The Balaban J connectivity index is 1.55. The van der Waals surface area contributed by atoms with Gasteiger partial charge in [-0.05, 0) is 0 Å². The van der Waals surface area contributed by atoms with Crippen LogP contribution in [0.4, 0.5) is 0 Å². The van der Waals surface area contributed by atoms with Gasteiger partial charge in [0.15, 0.2) is 0 Å². The number of hydrogen-bond acceptors (Lipinski definition) is 1. The van der Waals surface area contributed by atoms with Crippen LogP contribution in [0.15, 0.2) is 60.9 Å². The van der Waals surface area contributed by atoms with Gasteiger partial charge >= 0.3 is 119 Å². The average Bonchev–Trinajstić information content (AvgIpc) is 2.88. The first-order valence-electron chi connectivity index (χ1n) is 6.51. The Kier molecular flexibility index (Phi) is 3.97. The number of aromatic nitrogens is 2. The number of rotatable bonds is 5. The molecule has 0 aliphatic carbocycles. The third-order valence-corrected chi connectivity index (χ3v) is 5.39. The monoisotopic (exact) mass is 316 g/mol. The predicted molar refractivity (Wildman–Crippen MR) is 81.0 cm³/mol. The van der Waals surface area contributed by atoms with E-state index in [9.17, 15) is 0 Å². The van der Waals surface area contributed by atoms with Gasteiger partial charge in [-0.15, -0.1) is 0 Å². The molecule has 2 nitrogen and oxygen atoms in total. The van der Waals surface area contributed by atoms with Crippen molar-refractivity contribution in [3.63, 3.8) is 0 Å². The summed E-state index contributed by atoms with van der Waals surface area (Å²) in [7, 11) is 0. The quantitative estimate of drug-likeness (QED) is 0.523. The Hall–Kier alpha value is -1.57. The van der Waals surface area contributed by atoms with Gasteiger partial charge in [0.2, 0.25) is 0 Å². The van der Waals surface area contributed by atoms with Crippen molar-refractivity contribution in [2.24, 2.45) is 0 Å². The molecule has 3 aromatic rings. The molecule has 0 fully saturated rings. The van der Waals surface area contributed by atoms with Crippen LogP contribution in [0.25, 0.3) is 11.0 Å². The summed E-state index contributed by atoms with van der Waals surface area (Å²) in [6, 6.07) is 19.1. The Morgan fingerprint density at radius 1 is 0.947 bits per heavy atom. The first-order valence-corrected chi connectivity index (χ1v) is 8.58. The van der Waals surface area contributed by atoms with Gasteiger partial charge in [-0.2, -0.15) is 0 Å². The van der Waals surface area contributed by atoms with Crippen molar-refractivity contribution in [2.45, 2.75) is 18.3 Å². The summed E-state index contributed by atoms with van der Waals surface area (Å²) >= 11 is 0.595. The second kappa shape index (κ2) is 6.05. The Labute approximate surface area is 119 Å². The molecule has 0 N–H and O–H groups in total. The van der Waals surface area contributed by atoms with Gasteiger partial charge < -0.3 is 0 Å². The van der Waals surface area contributed by atoms with Gasteiger partial charge in [0.05, 0.1) is 0 Å². The molecule has 0 atom stereocenters. The minimum absolute atomic E-state index is 0.595. The Bertz CT molecular complexity index is 646. The van der Waals surface area contributed by atoms with E-state index in [-0.39, 0.29) is 0 Å². The SMILES string of the molecule is c1ccc([Se]CCCn2cnc3ccccc32)cc1. The molecule has 0 bridgehead atoms. The standard InChI is InChI=1S/C16H16N2Se/c1-2-7-14(8-3-1)19-12-6-11-18-13-17-15-9-4-5-10-16(15)18/h1-5,7-10,13H,6,11-12H2. The van der Waals surface area contributed by atoms with E-state index in [0.717, 1.165) is 12.1 Å². The number of hydrogen-bond donors (Lipinski definition) is 0. The minimum atomic E-state index is 0.595. The van der Waals surface area contributed by atoms with E-state index in [1.807, 2.05) is 12.4 Å². The molecule has 0 saturated carbocycles. The van der Waals surface area contributed by atoms with E-state index in [0.29, 0.717) is 15.0 Å². The summed E-state index contributed by atoms with van der Waals surface area (Å²) in [5.41, 5.74) is 2.34. The number of benzene rings is 2. The van der Waals surface area contributed by atoms with Crippen molar-refractivity contribution in [1.82, 2.24) is 9.55 Å². The fourth-order valence-corrected chi connectivity index (χ4v) is 3.93. The van der Waals surface area contributed by atoms with Crippen molar-refractivity contribution in [2.75, 3.05) is 0 Å².